The molecule has 2 N–H and O–H groups in total. The van der Waals surface area contributed by atoms with E-state index < -0.39 is 0 Å². The minimum absolute atomic E-state index is 0.332. The molecule has 0 unspecified atom stereocenters. The van der Waals surface area contributed by atoms with Crippen molar-refractivity contribution in [3.63, 3.8) is 0 Å². The van der Waals surface area contributed by atoms with E-state index in [1.807, 2.05) is 42.4 Å². The molecule has 230 valence electrons. The Morgan fingerprint density at radius 1 is 0.773 bits per heavy atom. The van der Waals surface area contributed by atoms with Crippen LogP contribution >= 0.6 is 23.2 Å². The first-order valence-corrected chi connectivity index (χ1v) is 15.6. The number of benzene rings is 2. The number of likely N-dealkylation sites (N-methyl/N-ethyl adjacent to an activating group) is 1. The van der Waals surface area contributed by atoms with E-state index in [1.165, 1.54) is 0 Å². The van der Waals surface area contributed by atoms with Crippen molar-refractivity contribution in [1.29, 1.82) is 0 Å². The van der Waals surface area contributed by atoms with Gasteiger partial charge in [-0.05, 0) is 32.1 Å². The van der Waals surface area contributed by atoms with Gasteiger partial charge in [-0.1, -0.05) is 54.4 Å². The average molecular weight is 636 g/mol. The molecular formula is C32H36Cl2N8O2. The van der Waals surface area contributed by atoms with Gasteiger partial charge in [0.1, 0.15) is 0 Å². The highest BCUT2D eigenvalue weighted by Crippen LogP contribution is 2.40. The van der Waals surface area contributed by atoms with E-state index in [9.17, 15) is 9.59 Å². The first-order valence-electron chi connectivity index (χ1n) is 14.9. The zero-order valence-corrected chi connectivity index (χ0v) is 26.9. The lowest BCUT2D eigenvalue weighted by Gasteiger charge is -2.25. The smallest absolute Gasteiger partial charge is 0.291 e. The molecule has 0 saturated carbocycles. The van der Waals surface area contributed by atoms with Crippen LogP contribution < -0.4 is 10.6 Å². The second-order valence-electron chi connectivity index (χ2n) is 11.5. The van der Waals surface area contributed by atoms with Crippen molar-refractivity contribution in [3.8, 4) is 11.1 Å². The number of rotatable bonds is 7. The molecule has 12 heteroatoms. The Balaban J connectivity index is 1.23. The third kappa shape index (κ3) is 5.63. The van der Waals surface area contributed by atoms with Gasteiger partial charge in [-0.2, -0.15) is 0 Å². The topological polar surface area (TPSA) is 100 Å². The van der Waals surface area contributed by atoms with Gasteiger partial charge >= 0.3 is 0 Å². The molecule has 2 aliphatic rings. The maximum atomic E-state index is 13.4. The van der Waals surface area contributed by atoms with E-state index in [0.717, 1.165) is 68.2 Å². The van der Waals surface area contributed by atoms with Gasteiger partial charge in [0.25, 0.3) is 11.8 Å². The van der Waals surface area contributed by atoms with Crippen molar-refractivity contribution in [1.82, 2.24) is 28.9 Å². The predicted octanol–water partition coefficient (Wildman–Crippen LogP) is 5.39. The lowest BCUT2D eigenvalue weighted by Crippen LogP contribution is -2.31. The van der Waals surface area contributed by atoms with Gasteiger partial charge in [-0.15, -0.1) is 0 Å². The van der Waals surface area contributed by atoms with Gasteiger partial charge in [0.2, 0.25) is 0 Å². The Hall–Kier alpha value is -3.70. The zero-order valence-electron chi connectivity index (χ0n) is 25.4. The molecule has 0 atom stereocenters. The van der Waals surface area contributed by atoms with E-state index in [-0.39, 0.29) is 11.8 Å². The second-order valence-corrected chi connectivity index (χ2v) is 12.3. The highest BCUT2D eigenvalue weighted by molar-refractivity contribution is 6.40. The molecule has 0 radical (unpaired) electrons. The van der Waals surface area contributed by atoms with Crippen LogP contribution in [0.15, 0.2) is 36.4 Å². The number of imidazole rings is 2. The highest BCUT2D eigenvalue weighted by atomic mass is 35.5. The molecule has 2 aromatic carbocycles. The van der Waals surface area contributed by atoms with Crippen LogP contribution in [0.4, 0.5) is 11.4 Å². The van der Waals surface area contributed by atoms with Crippen LogP contribution in [0.5, 0.6) is 0 Å². The SMILES string of the molecule is CCCN1CCc2c(nc(C(=O)Nc3cccc(-c4cccc(NC(=O)c5nc6c(n5C)CCN(C)C6)c4Cl)c3Cl)n2C)C1. The number of carbonyl (C=O) groups is 2. The first kappa shape index (κ1) is 30.3. The summed E-state index contributed by atoms with van der Waals surface area (Å²) >= 11 is 13.7. The van der Waals surface area contributed by atoms with Crippen molar-refractivity contribution in [2.45, 2.75) is 39.3 Å². The Morgan fingerprint density at radius 2 is 1.27 bits per heavy atom. The Kier molecular flexibility index (Phi) is 8.52. The van der Waals surface area contributed by atoms with Crippen LogP contribution in [0.2, 0.25) is 10.0 Å². The number of carbonyl (C=O) groups excluding carboxylic acids is 2. The molecule has 4 heterocycles. The average Bonchev–Trinajstić information content (AvgIpc) is 3.51. The number of halogens is 2. The van der Waals surface area contributed by atoms with E-state index in [1.54, 1.807) is 24.3 Å². The van der Waals surface area contributed by atoms with Crippen LogP contribution in [0.25, 0.3) is 11.1 Å². The third-order valence-electron chi connectivity index (χ3n) is 8.51. The molecule has 2 aliphatic heterocycles. The van der Waals surface area contributed by atoms with Gasteiger partial charge in [0, 0.05) is 75.6 Å². The molecule has 6 rings (SSSR count). The summed E-state index contributed by atoms with van der Waals surface area (Å²) in [6.45, 7) is 6.50. The monoisotopic (exact) mass is 634 g/mol. The van der Waals surface area contributed by atoms with E-state index >= 15 is 0 Å². The lowest BCUT2D eigenvalue weighted by molar-refractivity contribution is 0.100. The van der Waals surface area contributed by atoms with Crippen LogP contribution in [0.1, 0.15) is 57.4 Å². The summed E-state index contributed by atoms with van der Waals surface area (Å²) < 4.78 is 3.74. The van der Waals surface area contributed by atoms with E-state index in [2.05, 4.69) is 32.3 Å². The van der Waals surface area contributed by atoms with Crippen molar-refractivity contribution in [3.05, 3.63) is 80.9 Å². The van der Waals surface area contributed by atoms with Crippen molar-refractivity contribution < 1.29 is 9.59 Å². The van der Waals surface area contributed by atoms with Crippen LogP contribution in [-0.4, -0.2) is 67.4 Å². The van der Waals surface area contributed by atoms with E-state index in [4.69, 9.17) is 28.2 Å². The molecule has 0 aliphatic carbocycles. The minimum Gasteiger partial charge on any atom is -0.327 e. The summed E-state index contributed by atoms with van der Waals surface area (Å²) in [7, 11) is 5.79. The zero-order chi connectivity index (χ0) is 31.1. The highest BCUT2D eigenvalue weighted by Gasteiger charge is 2.27. The fourth-order valence-electron chi connectivity index (χ4n) is 6.18. The number of nitrogens with zero attached hydrogens (tertiary/aromatic N) is 6. The number of anilines is 2. The summed E-state index contributed by atoms with van der Waals surface area (Å²) in [5.74, 6) is 0.00840. The third-order valence-corrected chi connectivity index (χ3v) is 9.33. The first-order chi connectivity index (χ1) is 21.2. The number of hydrogen-bond donors (Lipinski definition) is 2. The molecule has 0 fully saturated rings. The maximum absolute atomic E-state index is 13.4. The number of fused-ring (bicyclic) bond motifs is 2. The largest absolute Gasteiger partial charge is 0.327 e. The summed E-state index contributed by atoms with van der Waals surface area (Å²) in [6.07, 6.45) is 2.77. The van der Waals surface area contributed by atoms with Crippen LogP contribution in [0, 0.1) is 0 Å². The summed E-state index contributed by atoms with van der Waals surface area (Å²) in [5.41, 5.74) is 6.14. The quantitative estimate of drug-likeness (QED) is 0.283. The second kappa shape index (κ2) is 12.4. The Bertz CT molecular complexity index is 1760. The summed E-state index contributed by atoms with van der Waals surface area (Å²) in [5, 5.41) is 6.55. The molecule has 10 nitrogen and oxygen atoms in total. The predicted molar refractivity (Wildman–Crippen MR) is 174 cm³/mol. The van der Waals surface area contributed by atoms with Gasteiger partial charge in [-0.25, -0.2) is 9.97 Å². The van der Waals surface area contributed by atoms with Crippen LogP contribution in [0.3, 0.4) is 0 Å². The number of aromatic nitrogens is 4. The fraction of sp³-hybridized carbons (Fsp3) is 0.375. The van der Waals surface area contributed by atoms with E-state index in [0.29, 0.717) is 50.7 Å². The maximum Gasteiger partial charge on any atom is 0.291 e. The van der Waals surface area contributed by atoms with Gasteiger partial charge in [-0.3, -0.25) is 14.5 Å². The molecule has 2 aromatic heterocycles. The summed E-state index contributed by atoms with van der Waals surface area (Å²) in [6, 6.07) is 10.8. The van der Waals surface area contributed by atoms with Gasteiger partial charge in [0.15, 0.2) is 11.6 Å². The number of nitrogens with one attached hydrogen (secondary N) is 2. The van der Waals surface area contributed by atoms with Crippen molar-refractivity contribution in [2.75, 3.05) is 37.3 Å². The lowest BCUT2D eigenvalue weighted by atomic mass is 10.0. The van der Waals surface area contributed by atoms with Crippen molar-refractivity contribution >= 4 is 46.4 Å². The molecular weight excluding hydrogens is 599 g/mol. The minimum atomic E-state index is -0.341. The van der Waals surface area contributed by atoms with Crippen LogP contribution in [-0.2, 0) is 40.0 Å². The molecule has 2 amide bonds. The summed E-state index contributed by atoms with van der Waals surface area (Å²) in [4.78, 5) is 40.6. The molecule has 0 saturated heterocycles. The number of amides is 2. The Labute approximate surface area is 267 Å². The Morgan fingerprint density at radius 3 is 1.80 bits per heavy atom. The molecule has 0 spiro atoms. The fourth-order valence-corrected chi connectivity index (χ4v) is 6.73. The molecule has 0 bridgehead atoms. The van der Waals surface area contributed by atoms with Gasteiger partial charge < -0.3 is 24.7 Å². The van der Waals surface area contributed by atoms with Crippen molar-refractivity contribution in [2.24, 2.45) is 14.1 Å². The molecule has 44 heavy (non-hydrogen) atoms. The van der Waals surface area contributed by atoms with Gasteiger partial charge in [0.05, 0.1) is 32.8 Å². The molecule has 4 aromatic rings. The normalized spacial score (nSPS) is 15.1. The standard InChI is InChI=1S/C32H36Cl2N8O2/c1-5-14-42-16-13-26-24(18-42)36-30(41(26)4)32(44)38-22-11-7-9-20(28(22)34)19-8-6-10-21(27(19)33)37-31(43)29-35-23-17-39(2)15-12-25(23)40(29)3/h6-11H,5,12-18H2,1-4H3,(H,37,43)(H,38,44). The number of hydrogen-bond acceptors (Lipinski definition) is 6.